The number of halogens is 2. The second-order valence-electron chi connectivity index (χ2n) is 9.55. The molecule has 2 aromatic heterocycles. The van der Waals surface area contributed by atoms with Crippen LogP contribution >= 0.6 is 23.2 Å². The average Bonchev–Trinajstić information content (AvgIpc) is 3.55. The van der Waals surface area contributed by atoms with Crippen molar-refractivity contribution in [1.29, 1.82) is 0 Å². The van der Waals surface area contributed by atoms with Crippen molar-refractivity contribution in [1.82, 2.24) is 19.6 Å². The molecule has 204 valence electrons. The minimum Gasteiger partial charge on any atom is -0.488 e. The van der Waals surface area contributed by atoms with Gasteiger partial charge in [-0.25, -0.2) is 9.78 Å². The normalized spacial score (nSPS) is 13.8. The van der Waals surface area contributed by atoms with Crippen molar-refractivity contribution in [3.8, 4) is 11.5 Å². The Balaban J connectivity index is 1.09. The predicted octanol–water partition coefficient (Wildman–Crippen LogP) is 5.92. The summed E-state index contributed by atoms with van der Waals surface area (Å²) in [5.74, 6) is 1.83. The van der Waals surface area contributed by atoms with Crippen molar-refractivity contribution >= 4 is 40.2 Å². The number of nitrogens with zero attached hydrogens (tertiary/aromatic N) is 4. The highest BCUT2D eigenvalue weighted by Gasteiger charge is 2.30. The maximum Gasteiger partial charge on any atom is 0.335 e. The Morgan fingerprint density at radius 3 is 2.70 bits per heavy atom. The minimum absolute atomic E-state index is 0.0348. The van der Waals surface area contributed by atoms with Crippen LogP contribution in [-0.4, -0.2) is 49.9 Å². The van der Waals surface area contributed by atoms with Crippen LogP contribution in [0.15, 0.2) is 77.4 Å². The number of aromatic carboxylic acids is 1. The first-order valence-corrected chi connectivity index (χ1v) is 13.3. The first-order chi connectivity index (χ1) is 19.4. The van der Waals surface area contributed by atoms with Crippen molar-refractivity contribution < 1.29 is 23.9 Å². The fourth-order valence-corrected chi connectivity index (χ4v) is 5.13. The smallest absolute Gasteiger partial charge is 0.335 e. The fourth-order valence-electron chi connectivity index (χ4n) is 4.66. The minimum atomic E-state index is -0.983. The number of hydrogen-bond donors (Lipinski definition) is 1. The van der Waals surface area contributed by atoms with E-state index >= 15 is 0 Å². The molecule has 1 aliphatic heterocycles. The summed E-state index contributed by atoms with van der Waals surface area (Å²) in [5, 5.41) is 14.3. The van der Waals surface area contributed by atoms with E-state index in [1.54, 1.807) is 48.7 Å². The lowest BCUT2D eigenvalue weighted by atomic mass is 10.1. The SMILES string of the molecule is O=C(O)c1ccc2nc(CN3CC(Oc4cccc(COc5ccc(Cl)cc5Cl)c4)C3)n(Cc3ccno3)c2c1. The zero-order valence-corrected chi connectivity index (χ0v) is 22.7. The third-order valence-corrected chi connectivity index (χ3v) is 7.19. The van der Waals surface area contributed by atoms with E-state index < -0.39 is 5.97 Å². The van der Waals surface area contributed by atoms with E-state index in [-0.39, 0.29) is 11.7 Å². The number of hydrogen-bond acceptors (Lipinski definition) is 7. The van der Waals surface area contributed by atoms with Crippen LogP contribution in [0.3, 0.4) is 0 Å². The molecule has 1 N–H and O–H groups in total. The molecule has 0 radical (unpaired) electrons. The average molecular weight is 579 g/mol. The Kier molecular flexibility index (Phi) is 7.34. The first-order valence-electron chi connectivity index (χ1n) is 12.6. The number of carboxylic acid groups (broad SMARTS) is 1. The number of rotatable bonds is 10. The molecule has 0 spiro atoms. The highest BCUT2D eigenvalue weighted by atomic mass is 35.5. The number of imidazole rings is 1. The van der Waals surface area contributed by atoms with Gasteiger partial charge in [-0.1, -0.05) is 40.5 Å². The quantitative estimate of drug-likeness (QED) is 0.218. The Morgan fingerprint density at radius 2 is 1.93 bits per heavy atom. The van der Waals surface area contributed by atoms with Crippen LogP contribution in [-0.2, 0) is 19.7 Å². The van der Waals surface area contributed by atoms with Crippen LogP contribution in [0.5, 0.6) is 11.5 Å². The monoisotopic (exact) mass is 578 g/mol. The third kappa shape index (κ3) is 5.77. The molecule has 0 amide bonds. The lowest BCUT2D eigenvalue weighted by molar-refractivity contribution is 0.0124. The molecule has 40 heavy (non-hydrogen) atoms. The van der Waals surface area contributed by atoms with Crippen molar-refractivity contribution in [2.75, 3.05) is 13.1 Å². The molecule has 6 rings (SSSR count). The number of carbonyl (C=O) groups is 1. The zero-order valence-electron chi connectivity index (χ0n) is 21.2. The van der Waals surface area contributed by atoms with Gasteiger partial charge in [-0.05, 0) is 54.1 Å². The van der Waals surface area contributed by atoms with Crippen LogP contribution in [0.2, 0.25) is 10.0 Å². The van der Waals surface area contributed by atoms with Crippen molar-refractivity contribution in [3.63, 3.8) is 0 Å². The summed E-state index contributed by atoms with van der Waals surface area (Å²) in [4.78, 5) is 18.6. The fraction of sp³-hybridized carbons (Fsp3) is 0.207. The second-order valence-corrected chi connectivity index (χ2v) is 10.4. The molecule has 3 heterocycles. The molecule has 1 saturated heterocycles. The number of carboxylic acids is 1. The largest absolute Gasteiger partial charge is 0.488 e. The summed E-state index contributed by atoms with van der Waals surface area (Å²) in [6, 6.07) is 19.7. The summed E-state index contributed by atoms with van der Waals surface area (Å²) in [5.41, 5.74) is 2.63. The van der Waals surface area contributed by atoms with Crippen molar-refractivity contribution in [2.45, 2.75) is 25.8 Å². The van der Waals surface area contributed by atoms with E-state index in [1.807, 2.05) is 28.8 Å². The topological polar surface area (TPSA) is 103 Å². The van der Waals surface area contributed by atoms with Crippen LogP contribution in [0.4, 0.5) is 0 Å². The van der Waals surface area contributed by atoms with Gasteiger partial charge >= 0.3 is 5.97 Å². The zero-order chi connectivity index (χ0) is 27.6. The van der Waals surface area contributed by atoms with Gasteiger partial charge in [-0.3, -0.25) is 4.90 Å². The predicted molar refractivity (Wildman–Crippen MR) is 149 cm³/mol. The Hall–Kier alpha value is -4.05. The maximum atomic E-state index is 11.5. The lowest BCUT2D eigenvalue weighted by Gasteiger charge is -2.38. The molecule has 5 aromatic rings. The maximum absolute atomic E-state index is 11.5. The number of fused-ring (bicyclic) bond motifs is 1. The van der Waals surface area contributed by atoms with Gasteiger partial charge in [-0.15, -0.1) is 0 Å². The van der Waals surface area contributed by atoms with E-state index in [4.69, 9.17) is 42.2 Å². The van der Waals surface area contributed by atoms with Gasteiger partial charge in [0.15, 0.2) is 5.76 Å². The third-order valence-electron chi connectivity index (χ3n) is 6.66. The first kappa shape index (κ1) is 26.2. The van der Waals surface area contributed by atoms with E-state index in [0.717, 1.165) is 41.3 Å². The standard InChI is InChI=1S/C29H24Cl2N4O5/c30-20-5-7-27(24(31)12-20)38-17-18-2-1-3-21(10-18)39-23-13-34(14-23)16-28-33-25-6-4-19(29(36)37)11-26(25)35(28)15-22-8-9-32-40-22/h1-12,23H,13-17H2,(H,36,37). The van der Waals surface area contributed by atoms with Gasteiger partial charge in [0, 0.05) is 24.2 Å². The number of likely N-dealkylation sites (tertiary alicyclic amines) is 1. The van der Waals surface area contributed by atoms with Crippen LogP contribution in [0.25, 0.3) is 11.0 Å². The van der Waals surface area contributed by atoms with Gasteiger partial charge in [0.05, 0.1) is 40.9 Å². The molecule has 0 unspecified atom stereocenters. The van der Waals surface area contributed by atoms with Crippen LogP contribution < -0.4 is 9.47 Å². The molecule has 0 bridgehead atoms. The Bertz CT molecular complexity index is 1660. The summed E-state index contributed by atoms with van der Waals surface area (Å²) in [7, 11) is 0. The van der Waals surface area contributed by atoms with Gasteiger partial charge < -0.3 is 23.7 Å². The molecule has 1 aliphatic rings. The van der Waals surface area contributed by atoms with E-state index in [9.17, 15) is 9.90 Å². The molecule has 0 atom stereocenters. The number of ether oxygens (including phenoxy) is 2. The molecule has 11 heteroatoms. The van der Waals surface area contributed by atoms with Crippen molar-refractivity contribution in [3.05, 3.63) is 106 Å². The molecule has 0 aliphatic carbocycles. The van der Waals surface area contributed by atoms with E-state index in [0.29, 0.717) is 41.3 Å². The number of benzene rings is 3. The van der Waals surface area contributed by atoms with Crippen LogP contribution in [0, 0.1) is 0 Å². The highest BCUT2D eigenvalue weighted by molar-refractivity contribution is 6.35. The molecular weight excluding hydrogens is 555 g/mol. The van der Waals surface area contributed by atoms with E-state index in [2.05, 4.69) is 10.1 Å². The summed E-state index contributed by atoms with van der Waals surface area (Å²) >= 11 is 12.2. The molecule has 9 nitrogen and oxygen atoms in total. The van der Waals surface area contributed by atoms with E-state index in [1.165, 1.54) is 0 Å². The summed E-state index contributed by atoms with van der Waals surface area (Å²) in [6.45, 7) is 2.79. The van der Waals surface area contributed by atoms with Gasteiger partial charge in [0.1, 0.15) is 30.0 Å². The van der Waals surface area contributed by atoms with Gasteiger partial charge in [-0.2, -0.15) is 0 Å². The van der Waals surface area contributed by atoms with Crippen LogP contribution in [0.1, 0.15) is 27.5 Å². The summed E-state index contributed by atoms with van der Waals surface area (Å²) < 4.78 is 19.3. The van der Waals surface area contributed by atoms with Gasteiger partial charge in [0.2, 0.25) is 0 Å². The summed E-state index contributed by atoms with van der Waals surface area (Å²) in [6.07, 6.45) is 1.62. The van der Waals surface area contributed by atoms with Crippen molar-refractivity contribution in [2.24, 2.45) is 0 Å². The molecule has 0 saturated carbocycles. The Labute approximate surface area is 239 Å². The Morgan fingerprint density at radius 1 is 1.05 bits per heavy atom. The van der Waals surface area contributed by atoms with Gasteiger partial charge in [0.25, 0.3) is 0 Å². The second kappa shape index (κ2) is 11.2. The molecule has 1 fully saturated rings. The molecular formula is C29H24Cl2N4O5. The molecule has 3 aromatic carbocycles. The lowest BCUT2D eigenvalue weighted by Crippen LogP contribution is -2.53. The number of aromatic nitrogens is 3. The highest BCUT2D eigenvalue weighted by Crippen LogP contribution is 2.29.